The number of hydrogen-bond acceptors (Lipinski definition) is 5. The van der Waals surface area contributed by atoms with Crippen LogP contribution in [-0.4, -0.2) is 26.7 Å². The molecule has 33 heavy (non-hydrogen) atoms. The Kier molecular flexibility index (Phi) is 4.71. The molecule has 0 bridgehead atoms. The van der Waals surface area contributed by atoms with Crippen molar-refractivity contribution in [1.82, 2.24) is 19.6 Å². The number of hydrogen-bond donors (Lipinski definition) is 1. The maximum absolute atomic E-state index is 13.8. The first kappa shape index (κ1) is 21.1. The van der Waals surface area contributed by atoms with Gasteiger partial charge in [-0.25, -0.2) is 4.98 Å². The van der Waals surface area contributed by atoms with E-state index in [1.54, 1.807) is 37.3 Å². The zero-order valence-corrected chi connectivity index (χ0v) is 17.9. The second kappa shape index (κ2) is 7.38. The molecule has 5 aromatic rings. The molecule has 168 valence electrons. The Morgan fingerprint density at radius 2 is 1.85 bits per heavy atom. The SMILES string of the molecule is COc1c(Cl)ccc2oc(-c3c(C)[nH]c4c(-c5ccccc5)c(C(F)(F)F)nn4c3=O)nc12. The molecule has 0 aliphatic carbocycles. The van der Waals surface area contributed by atoms with E-state index in [0.717, 1.165) is 0 Å². The minimum absolute atomic E-state index is 0.0623. The van der Waals surface area contributed by atoms with Crippen molar-refractivity contribution in [2.75, 3.05) is 7.11 Å². The van der Waals surface area contributed by atoms with Gasteiger partial charge in [0.05, 0.1) is 17.7 Å². The van der Waals surface area contributed by atoms with Crippen molar-refractivity contribution in [3.8, 4) is 28.3 Å². The lowest BCUT2D eigenvalue weighted by atomic mass is 10.1. The van der Waals surface area contributed by atoms with Gasteiger partial charge in [-0.05, 0) is 24.6 Å². The Morgan fingerprint density at radius 3 is 2.52 bits per heavy atom. The fourth-order valence-electron chi connectivity index (χ4n) is 3.76. The predicted molar refractivity (Wildman–Crippen MR) is 116 cm³/mol. The number of nitrogens with one attached hydrogen (secondary N) is 1. The first-order chi connectivity index (χ1) is 15.7. The lowest BCUT2D eigenvalue weighted by molar-refractivity contribution is -0.140. The number of aromatic nitrogens is 4. The number of ether oxygens (including phenoxy) is 1. The normalized spacial score (nSPS) is 12.1. The minimum atomic E-state index is -4.78. The van der Waals surface area contributed by atoms with Gasteiger partial charge in [-0.15, -0.1) is 0 Å². The van der Waals surface area contributed by atoms with Gasteiger partial charge in [-0.1, -0.05) is 41.9 Å². The monoisotopic (exact) mass is 474 g/mol. The van der Waals surface area contributed by atoms with Crippen molar-refractivity contribution in [3.63, 3.8) is 0 Å². The third-order valence-electron chi connectivity index (χ3n) is 5.19. The third-order valence-corrected chi connectivity index (χ3v) is 5.49. The highest BCUT2D eigenvalue weighted by atomic mass is 35.5. The molecule has 0 saturated heterocycles. The third kappa shape index (κ3) is 3.25. The summed E-state index contributed by atoms with van der Waals surface area (Å²) in [6.07, 6.45) is -4.78. The van der Waals surface area contributed by atoms with Crippen LogP contribution < -0.4 is 10.3 Å². The molecule has 2 aromatic carbocycles. The van der Waals surface area contributed by atoms with Gasteiger partial charge in [0.15, 0.2) is 22.5 Å². The first-order valence-corrected chi connectivity index (χ1v) is 10.00. The summed E-state index contributed by atoms with van der Waals surface area (Å²) in [6.45, 7) is 1.55. The molecule has 0 atom stereocenters. The number of fused-ring (bicyclic) bond motifs is 2. The second-order valence-electron chi connectivity index (χ2n) is 7.22. The van der Waals surface area contributed by atoms with E-state index >= 15 is 0 Å². The fourth-order valence-corrected chi connectivity index (χ4v) is 3.99. The van der Waals surface area contributed by atoms with Gasteiger partial charge < -0.3 is 14.1 Å². The smallest absolute Gasteiger partial charge is 0.435 e. The summed E-state index contributed by atoms with van der Waals surface area (Å²) in [6, 6.07) is 11.0. The quantitative estimate of drug-likeness (QED) is 0.374. The molecule has 0 unspecified atom stereocenters. The van der Waals surface area contributed by atoms with E-state index < -0.39 is 17.4 Å². The van der Waals surface area contributed by atoms with Crippen molar-refractivity contribution < 1.29 is 22.3 Å². The summed E-state index contributed by atoms with van der Waals surface area (Å²) in [4.78, 5) is 20.5. The molecule has 0 aliphatic rings. The van der Waals surface area contributed by atoms with Crippen LogP contribution >= 0.6 is 11.6 Å². The van der Waals surface area contributed by atoms with Crippen LogP contribution in [0.15, 0.2) is 51.7 Å². The number of benzene rings is 2. The lowest BCUT2D eigenvalue weighted by Crippen LogP contribution is -2.20. The van der Waals surface area contributed by atoms with Gasteiger partial charge in [0.2, 0.25) is 5.89 Å². The molecule has 7 nitrogen and oxygen atoms in total. The zero-order chi connectivity index (χ0) is 23.5. The first-order valence-electron chi connectivity index (χ1n) is 9.62. The van der Waals surface area contributed by atoms with Crippen LogP contribution in [0.4, 0.5) is 13.2 Å². The molecule has 0 fully saturated rings. The number of nitrogens with zero attached hydrogens (tertiary/aromatic N) is 3. The number of aryl methyl sites for hydroxylation is 1. The van der Waals surface area contributed by atoms with E-state index in [1.807, 2.05) is 0 Å². The molecule has 3 aromatic heterocycles. The van der Waals surface area contributed by atoms with Crippen LogP contribution in [-0.2, 0) is 6.18 Å². The van der Waals surface area contributed by atoms with E-state index in [0.29, 0.717) is 15.1 Å². The highest BCUT2D eigenvalue weighted by Crippen LogP contribution is 2.39. The average molecular weight is 475 g/mol. The largest absolute Gasteiger partial charge is 0.493 e. The number of methoxy groups -OCH3 is 1. The molecule has 11 heteroatoms. The second-order valence-corrected chi connectivity index (χ2v) is 7.63. The van der Waals surface area contributed by atoms with E-state index in [-0.39, 0.29) is 45.2 Å². The summed E-state index contributed by atoms with van der Waals surface area (Å²) in [5.41, 5.74) is -1.26. The Labute approximate surface area is 188 Å². The van der Waals surface area contributed by atoms with Gasteiger partial charge in [-0.2, -0.15) is 22.8 Å². The average Bonchev–Trinajstić information content (AvgIpc) is 3.36. The van der Waals surface area contributed by atoms with Crippen molar-refractivity contribution in [2.24, 2.45) is 0 Å². The maximum Gasteiger partial charge on any atom is 0.435 e. The number of oxazole rings is 1. The molecule has 0 radical (unpaired) electrons. The van der Waals surface area contributed by atoms with Gasteiger partial charge in [0.1, 0.15) is 11.2 Å². The molecule has 1 N–H and O–H groups in total. The topological polar surface area (TPSA) is 85.4 Å². The summed E-state index contributed by atoms with van der Waals surface area (Å²) >= 11 is 6.13. The van der Waals surface area contributed by atoms with Gasteiger partial charge in [0, 0.05) is 5.69 Å². The number of alkyl halides is 3. The van der Waals surface area contributed by atoms with E-state index in [1.165, 1.54) is 19.2 Å². The zero-order valence-electron chi connectivity index (χ0n) is 17.1. The molecule has 3 heterocycles. The maximum atomic E-state index is 13.8. The van der Waals surface area contributed by atoms with Gasteiger partial charge >= 0.3 is 6.18 Å². The Bertz CT molecular complexity index is 1590. The van der Waals surface area contributed by atoms with Crippen LogP contribution in [0.5, 0.6) is 5.75 Å². The van der Waals surface area contributed by atoms with Crippen LogP contribution in [0, 0.1) is 6.92 Å². The summed E-state index contributed by atoms with van der Waals surface area (Å²) in [5, 5.41) is 3.91. The molecular formula is C22H14ClF3N4O3. The van der Waals surface area contributed by atoms with Gasteiger partial charge in [0.25, 0.3) is 5.56 Å². The highest BCUT2D eigenvalue weighted by Gasteiger charge is 2.39. The van der Waals surface area contributed by atoms with E-state index in [2.05, 4.69) is 15.1 Å². The molecule has 0 amide bonds. The Hall–Kier alpha value is -3.79. The number of H-pyrrole nitrogens is 1. The predicted octanol–water partition coefficient (Wildman–Crippen LogP) is 5.49. The summed E-state index contributed by atoms with van der Waals surface area (Å²) < 4.78 is 53.2. The molecule has 5 rings (SSSR count). The van der Waals surface area contributed by atoms with Crippen molar-refractivity contribution in [1.29, 1.82) is 0 Å². The van der Waals surface area contributed by atoms with Crippen molar-refractivity contribution in [3.05, 3.63) is 69.2 Å². The van der Waals surface area contributed by atoms with Crippen LogP contribution in [0.2, 0.25) is 5.02 Å². The van der Waals surface area contributed by atoms with Crippen molar-refractivity contribution in [2.45, 2.75) is 13.1 Å². The Balaban J connectivity index is 1.82. The Morgan fingerprint density at radius 1 is 1.12 bits per heavy atom. The van der Waals surface area contributed by atoms with Gasteiger partial charge in [-0.3, -0.25) is 4.79 Å². The van der Waals surface area contributed by atoms with Crippen LogP contribution in [0.25, 0.3) is 39.3 Å². The number of aromatic amines is 1. The van der Waals surface area contributed by atoms with Crippen LogP contribution in [0.3, 0.4) is 0 Å². The summed E-state index contributed by atoms with van der Waals surface area (Å²) in [7, 11) is 1.41. The lowest BCUT2D eigenvalue weighted by Gasteiger charge is -2.07. The number of rotatable bonds is 3. The van der Waals surface area contributed by atoms with E-state index in [9.17, 15) is 18.0 Å². The standard InChI is InChI=1S/C22H14ClF3N4O3/c1-10-14(20-28-16-13(33-20)9-8-12(23)17(16)32-2)21(31)30-19(27-10)15(11-6-4-3-5-7-11)18(29-30)22(24,25)26/h3-9,27H,1-2H3. The molecule has 0 aliphatic heterocycles. The van der Waals surface area contributed by atoms with E-state index in [4.69, 9.17) is 20.8 Å². The molecular weight excluding hydrogens is 461 g/mol. The number of halogens is 4. The highest BCUT2D eigenvalue weighted by molar-refractivity contribution is 6.33. The summed E-state index contributed by atoms with van der Waals surface area (Å²) in [5.74, 6) is 0.153. The van der Waals surface area contributed by atoms with Crippen LogP contribution in [0.1, 0.15) is 11.4 Å². The van der Waals surface area contributed by atoms with Crippen molar-refractivity contribution >= 4 is 28.3 Å². The molecule has 0 spiro atoms. The molecule has 0 saturated carbocycles. The minimum Gasteiger partial charge on any atom is -0.493 e. The fraction of sp³-hybridized carbons (Fsp3) is 0.136.